The summed E-state index contributed by atoms with van der Waals surface area (Å²) in [5.41, 5.74) is 0.305. The van der Waals surface area contributed by atoms with E-state index < -0.39 is 5.41 Å². The van der Waals surface area contributed by atoms with Gasteiger partial charge < -0.3 is 15.0 Å². The molecule has 1 N–H and O–H groups in total. The first kappa shape index (κ1) is 15.8. The number of hydrogen-bond acceptors (Lipinski definition) is 3. The molecule has 0 unspecified atom stereocenters. The number of hydrogen-bond donors (Lipinski definition) is 1. The van der Waals surface area contributed by atoms with Crippen LogP contribution in [0.25, 0.3) is 0 Å². The van der Waals surface area contributed by atoms with Gasteiger partial charge in [0, 0.05) is 30.7 Å². The lowest BCUT2D eigenvalue weighted by molar-refractivity contribution is -0.138. The Kier molecular flexibility index (Phi) is 4.28. The number of nitrogens with one attached hydrogen (secondary N) is 1. The van der Waals surface area contributed by atoms with Gasteiger partial charge in [0.2, 0.25) is 5.91 Å². The van der Waals surface area contributed by atoms with Crippen LogP contribution < -0.4 is 10.1 Å². The van der Waals surface area contributed by atoms with E-state index in [1.165, 1.54) is 0 Å². The predicted molar refractivity (Wildman–Crippen MR) is 84.7 cm³/mol. The number of methoxy groups -OCH3 is 1. The van der Waals surface area contributed by atoms with E-state index in [1.807, 2.05) is 43.0 Å². The molecule has 1 saturated heterocycles. The molecule has 0 saturated carbocycles. The minimum absolute atomic E-state index is 0.0369. The van der Waals surface area contributed by atoms with Gasteiger partial charge in [-0.15, -0.1) is 0 Å². The molecular formula is C17H26N2O2. The quantitative estimate of drug-likeness (QED) is 0.928. The van der Waals surface area contributed by atoms with Crippen LogP contribution in [0, 0.1) is 0 Å². The van der Waals surface area contributed by atoms with Crippen LogP contribution >= 0.6 is 0 Å². The highest BCUT2D eigenvalue weighted by atomic mass is 16.5. The molecule has 116 valence electrons. The summed E-state index contributed by atoms with van der Waals surface area (Å²) in [5, 5.41) is 3.44. The SMILES string of the molecule is COc1ccccc1C(C)(C)C(=O)N1CCNC(C)(C)C1. The average molecular weight is 290 g/mol. The normalized spacial score (nSPS) is 18.4. The molecule has 1 aromatic rings. The number of ether oxygens (including phenoxy) is 1. The minimum Gasteiger partial charge on any atom is -0.496 e. The fraction of sp³-hybridized carbons (Fsp3) is 0.588. The zero-order chi connectivity index (χ0) is 15.7. The Bertz CT molecular complexity index is 523. The fourth-order valence-corrected chi connectivity index (χ4v) is 2.99. The Morgan fingerprint density at radius 1 is 1.33 bits per heavy atom. The smallest absolute Gasteiger partial charge is 0.232 e. The summed E-state index contributed by atoms with van der Waals surface area (Å²) in [6.45, 7) is 10.5. The van der Waals surface area contributed by atoms with Crippen molar-refractivity contribution in [2.24, 2.45) is 0 Å². The Morgan fingerprint density at radius 2 is 2.00 bits per heavy atom. The van der Waals surface area contributed by atoms with Crippen molar-refractivity contribution in [1.29, 1.82) is 0 Å². The summed E-state index contributed by atoms with van der Waals surface area (Å²) in [5.74, 6) is 0.923. The summed E-state index contributed by atoms with van der Waals surface area (Å²) in [7, 11) is 1.65. The van der Waals surface area contributed by atoms with Crippen molar-refractivity contribution in [3.63, 3.8) is 0 Å². The van der Waals surface area contributed by atoms with E-state index in [-0.39, 0.29) is 11.4 Å². The molecule has 1 heterocycles. The number of carbonyl (C=O) groups is 1. The fourth-order valence-electron chi connectivity index (χ4n) is 2.99. The minimum atomic E-state index is -0.597. The molecule has 1 aliphatic heterocycles. The molecule has 1 aliphatic rings. The van der Waals surface area contributed by atoms with E-state index in [0.29, 0.717) is 0 Å². The third-order valence-corrected chi connectivity index (χ3v) is 4.17. The van der Waals surface area contributed by atoms with Gasteiger partial charge in [-0.05, 0) is 33.8 Å². The Balaban J connectivity index is 2.28. The van der Waals surface area contributed by atoms with Crippen molar-refractivity contribution >= 4 is 5.91 Å². The van der Waals surface area contributed by atoms with E-state index in [4.69, 9.17) is 4.74 Å². The molecule has 1 fully saturated rings. The van der Waals surface area contributed by atoms with Crippen LogP contribution in [0.1, 0.15) is 33.3 Å². The first-order chi connectivity index (χ1) is 9.78. The summed E-state index contributed by atoms with van der Waals surface area (Å²) < 4.78 is 5.43. The Morgan fingerprint density at radius 3 is 2.62 bits per heavy atom. The molecule has 1 amide bonds. The Labute approximate surface area is 127 Å². The number of piperazine rings is 1. The van der Waals surface area contributed by atoms with E-state index in [0.717, 1.165) is 30.9 Å². The molecule has 0 radical (unpaired) electrons. The first-order valence-electron chi connectivity index (χ1n) is 7.46. The number of para-hydroxylation sites is 1. The molecule has 0 bridgehead atoms. The molecule has 0 aliphatic carbocycles. The highest BCUT2D eigenvalue weighted by Gasteiger charge is 2.39. The number of nitrogens with zero attached hydrogens (tertiary/aromatic N) is 1. The van der Waals surface area contributed by atoms with Gasteiger partial charge in [-0.3, -0.25) is 4.79 Å². The van der Waals surface area contributed by atoms with Crippen LogP contribution in [0.3, 0.4) is 0 Å². The predicted octanol–water partition coefficient (Wildman–Crippen LogP) is 2.18. The highest BCUT2D eigenvalue weighted by Crippen LogP contribution is 2.33. The highest BCUT2D eigenvalue weighted by molar-refractivity contribution is 5.88. The Hall–Kier alpha value is -1.55. The third kappa shape index (κ3) is 3.21. The topological polar surface area (TPSA) is 41.6 Å². The van der Waals surface area contributed by atoms with Crippen LogP contribution in [0.5, 0.6) is 5.75 Å². The molecule has 1 aromatic carbocycles. The second kappa shape index (κ2) is 5.68. The maximum Gasteiger partial charge on any atom is 0.232 e. The van der Waals surface area contributed by atoms with E-state index in [1.54, 1.807) is 7.11 Å². The summed E-state index contributed by atoms with van der Waals surface area (Å²) in [6.07, 6.45) is 0. The first-order valence-corrected chi connectivity index (χ1v) is 7.46. The molecule has 21 heavy (non-hydrogen) atoms. The van der Waals surface area contributed by atoms with Gasteiger partial charge >= 0.3 is 0 Å². The molecule has 0 spiro atoms. The van der Waals surface area contributed by atoms with Crippen molar-refractivity contribution in [3.05, 3.63) is 29.8 Å². The lowest BCUT2D eigenvalue weighted by atomic mass is 9.82. The van der Waals surface area contributed by atoms with E-state index in [9.17, 15) is 4.79 Å². The standard InChI is InChI=1S/C17H26N2O2/c1-16(2)12-19(11-10-18-16)15(20)17(3,4)13-8-6-7-9-14(13)21-5/h6-9,18H,10-12H2,1-5H3. The van der Waals surface area contributed by atoms with Crippen molar-refractivity contribution in [2.75, 3.05) is 26.7 Å². The molecule has 4 nitrogen and oxygen atoms in total. The summed E-state index contributed by atoms with van der Waals surface area (Å²) in [4.78, 5) is 15.0. The molecular weight excluding hydrogens is 264 g/mol. The summed E-state index contributed by atoms with van der Waals surface area (Å²) >= 11 is 0. The van der Waals surface area contributed by atoms with Gasteiger partial charge in [-0.25, -0.2) is 0 Å². The van der Waals surface area contributed by atoms with Gasteiger partial charge in [0.1, 0.15) is 5.75 Å². The number of benzene rings is 1. The van der Waals surface area contributed by atoms with Gasteiger partial charge in [-0.2, -0.15) is 0 Å². The second-order valence-corrected chi connectivity index (χ2v) is 6.86. The van der Waals surface area contributed by atoms with Gasteiger partial charge in [0.15, 0.2) is 0 Å². The zero-order valence-electron chi connectivity index (χ0n) is 13.7. The monoisotopic (exact) mass is 290 g/mol. The van der Waals surface area contributed by atoms with Crippen LogP contribution in [0.15, 0.2) is 24.3 Å². The molecule has 4 heteroatoms. The second-order valence-electron chi connectivity index (χ2n) is 6.86. The molecule has 0 atom stereocenters. The van der Waals surface area contributed by atoms with Crippen molar-refractivity contribution < 1.29 is 9.53 Å². The van der Waals surface area contributed by atoms with Crippen LogP contribution in [0.4, 0.5) is 0 Å². The number of amides is 1. The maximum atomic E-state index is 13.0. The summed E-state index contributed by atoms with van der Waals surface area (Å²) in [6, 6.07) is 7.77. The third-order valence-electron chi connectivity index (χ3n) is 4.17. The number of rotatable bonds is 3. The van der Waals surface area contributed by atoms with Gasteiger partial charge in [-0.1, -0.05) is 18.2 Å². The van der Waals surface area contributed by atoms with Gasteiger partial charge in [0.25, 0.3) is 0 Å². The van der Waals surface area contributed by atoms with Gasteiger partial charge in [0.05, 0.1) is 12.5 Å². The van der Waals surface area contributed by atoms with Crippen molar-refractivity contribution in [2.45, 2.75) is 38.6 Å². The number of carbonyl (C=O) groups excluding carboxylic acids is 1. The van der Waals surface area contributed by atoms with Crippen molar-refractivity contribution in [1.82, 2.24) is 10.2 Å². The molecule has 0 aromatic heterocycles. The van der Waals surface area contributed by atoms with Crippen LogP contribution in [-0.4, -0.2) is 43.1 Å². The largest absolute Gasteiger partial charge is 0.496 e. The van der Waals surface area contributed by atoms with E-state index in [2.05, 4.69) is 19.2 Å². The lowest BCUT2D eigenvalue weighted by Gasteiger charge is -2.42. The molecule has 2 rings (SSSR count). The van der Waals surface area contributed by atoms with Crippen LogP contribution in [-0.2, 0) is 10.2 Å². The zero-order valence-corrected chi connectivity index (χ0v) is 13.7. The van der Waals surface area contributed by atoms with E-state index >= 15 is 0 Å². The maximum absolute atomic E-state index is 13.0. The lowest BCUT2D eigenvalue weighted by Crippen LogP contribution is -2.60. The average Bonchev–Trinajstić information content (AvgIpc) is 2.45. The van der Waals surface area contributed by atoms with Crippen molar-refractivity contribution in [3.8, 4) is 5.75 Å². The van der Waals surface area contributed by atoms with Crippen LogP contribution in [0.2, 0.25) is 0 Å².